The molecule has 3 saturated carbocycles. The van der Waals surface area contributed by atoms with Gasteiger partial charge in [-0.25, -0.2) is 4.39 Å². The minimum atomic E-state index is -0.831. The Morgan fingerprint density at radius 3 is 2.49 bits per heavy atom. The van der Waals surface area contributed by atoms with Gasteiger partial charge in [-0.15, -0.1) is 0 Å². The maximum Gasteiger partial charge on any atom is 0.309 e. The zero-order valence-corrected chi connectivity index (χ0v) is 22.4. The number of halogens is 1. The van der Waals surface area contributed by atoms with Crippen LogP contribution in [0, 0.1) is 34.5 Å². The van der Waals surface area contributed by atoms with Crippen molar-refractivity contribution in [1.82, 2.24) is 10.6 Å². The van der Waals surface area contributed by atoms with Gasteiger partial charge < -0.3 is 25.2 Å². The minimum absolute atomic E-state index is 0.0470. The second-order valence-electron chi connectivity index (χ2n) is 11.3. The number of fused-ring (bicyclic) bond motifs is 2. The van der Waals surface area contributed by atoms with E-state index in [1.807, 2.05) is 0 Å². The Morgan fingerprint density at radius 2 is 1.87 bits per heavy atom. The second kappa shape index (κ2) is 11.6. The van der Waals surface area contributed by atoms with E-state index < -0.39 is 29.0 Å². The molecule has 0 aromatic heterocycles. The number of amides is 2. The third-order valence-corrected chi connectivity index (χ3v) is 8.73. The summed E-state index contributed by atoms with van der Waals surface area (Å²) in [7, 11) is 1.41. The van der Waals surface area contributed by atoms with Crippen molar-refractivity contribution in [3.63, 3.8) is 0 Å². The van der Waals surface area contributed by atoms with E-state index >= 15 is 0 Å². The molecule has 0 saturated heterocycles. The average Bonchev–Trinajstić information content (AvgIpc) is 3.51. The molecular weight excluding hydrogens is 505 g/mol. The fourth-order valence-corrected chi connectivity index (χ4v) is 6.38. The molecule has 10 heteroatoms. The van der Waals surface area contributed by atoms with E-state index in [2.05, 4.69) is 23.3 Å². The first-order chi connectivity index (χ1) is 18.6. The summed E-state index contributed by atoms with van der Waals surface area (Å²) in [6.07, 6.45) is 4.35. The van der Waals surface area contributed by atoms with Gasteiger partial charge in [-0.2, -0.15) is 5.26 Å². The van der Waals surface area contributed by atoms with E-state index in [0.717, 1.165) is 19.3 Å². The molecule has 3 N–H and O–H groups in total. The lowest BCUT2D eigenvalue weighted by atomic mass is 9.75. The molecule has 0 heterocycles. The van der Waals surface area contributed by atoms with Crippen molar-refractivity contribution in [2.75, 3.05) is 13.7 Å². The number of rotatable bonds is 10. The molecule has 0 spiro atoms. The fourth-order valence-electron chi connectivity index (χ4n) is 6.38. The lowest BCUT2D eigenvalue weighted by Gasteiger charge is -2.34. The number of carbonyl (C=O) groups is 3. The molecule has 9 nitrogen and oxygen atoms in total. The molecule has 0 radical (unpaired) electrons. The quantitative estimate of drug-likeness (QED) is 0.405. The molecule has 1 aromatic rings. The monoisotopic (exact) mass is 541 g/mol. The highest BCUT2D eigenvalue weighted by Gasteiger charge is 2.51. The number of aliphatic carboxylic acids is 1. The van der Waals surface area contributed by atoms with Gasteiger partial charge in [-0.3, -0.25) is 14.4 Å². The molecule has 210 valence electrons. The zero-order chi connectivity index (χ0) is 28.3. The van der Waals surface area contributed by atoms with Crippen molar-refractivity contribution < 1.29 is 33.4 Å². The van der Waals surface area contributed by atoms with Gasteiger partial charge >= 0.3 is 5.97 Å². The third kappa shape index (κ3) is 6.02. The van der Waals surface area contributed by atoms with Crippen LogP contribution in [0.4, 0.5) is 4.39 Å². The lowest BCUT2D eigenvalue weighted by Crippen LogP contribution is -2.50. The molecule has 0 unspecified atom stereocenters. The predicted molar refractivity (Wildman–Crippen MR) is 140 cm³/mol. The number of carboxylic acid groups (broad SMARTS) is 1. The van der Waals surface area contributed by atoms with Crippen molar-refractivity contribution in [2.24, 2.45) is 23.2 Å². The zero-order valence-electron chi connectivity index (χ0n) is 22.4. The van der Waals surface area contributed by atoms with Crippen LogP contribution in [0.25, 0.3) is 0 Å². The summed E-state index contributed by atoms with van der Waals surface area (Å²) in [5.74, 6) is -1.61. The Hall–Kier alpha value is -3.61. The number of nitriles is 1. The molecular formula is C29H36FN3O6. The molecule has 2 bridgehead atoms. The summed E-state index contributed by atoms with van der Waals surface area (Å²) in [5.41, 5.74) is -0.401. The third-order valence-electron chi connectivity index (χ3n) is 8.73. The number of nitrogens with one attached hydrogen (secondary N) is 2. The van der Waals surface area contributed by atoms with Crippen LogP contribution in [0.3, 0.4) is 0 Å². The van der Waals surface area contributed by atoms with Crippen LogP contribution in [-0.2, 0) is 9.59 Å². The van der Waals surface area contributed by atoms with Gasteiger partial charge in [-0.05, 0) is 69.8 Å². The Labute approximate surface area is 227 Å². The van der Waals surface area contributed by atoms with Gasteiger partial charge in [0.1, 0.15) is 17.6 Å². The maximum absolute atomic E-state index is 13.5. The molecule has 39 heavy (non-hydrogen) atoms. The van der Waals surface area contributed by atoms with Crippen molar-refractivity contribution in [2.45, 2.75) is 70.4 Å². The molecule has 3 aliphatic carbocycles. The number of carboxylic acids is 1. The summed E-state index contributed by atoms with van der Waals surface area (Å²) in [6, 6.07) is 4.67. The summed E-state index contributed by atoms with van der Waals surface area (Å²) >= 11 is 0. The number of hydrogen-bond acceptors (Lipinski definition) is 6. The summed E-state index contributed by atoms with van der Waals surface area (Å²) in [4.78, 5) is 38.1. The molecule has 4 atom stereocenters. The van der Waals surface area contributed by atoms with Crippen LogP contribution in [0.1, 0.15) is 74.2 Å². The topological polar surface area (TPSA) is 138 Å². The molecule has 0 aliphatic heterocycles. The molecule has 1 aromatic carbocycles. The van der Waals surface area contributed by atoms with Crippen molar-refractivity contribution in [3.8, 4) is 17.6 Å². The largest absolute Gasteiger partial charge is 0.496 e. The van der Waals surface area contributed by atoms with E-state index in [9.17, 15) is 29.1 Å². The van der Waals surface area contributed by atoms with Gasteiger partial charge in [0, 0.05) is 25.1 Å². The van der Waals surface area contributed by atoms with Crippen LogP contribution in [-0.4, -0.2) is 48.7 Å². The Balaban J connectivity index is 1.51. The molecule has 2 amide bonds. The van der Waals surface area contributed by atoms with E-state index in [1.54, 1.807) is 6.92 Å². The standard InChI is InChI=1S/C29H36FN3O6/c1-16(30)8-11-32-27(35)24-17-4-5-18(12-17)25(24)33-26(34)21-14-22(19(15-31)13-23(21)38-3)39-20-6-9-29(2,10-7-20)28(36)37/h13-14,17-18,20,24-25H,1,4-12H2,2-3H3,(H,32,35)(H,33,34)(H,36,37)/t17-,18+,20?,24+,25-,29?/m1/s1. The van der Waals surface area contributed by atoms with Crippen LogP contribution >= 0.6 is 0 Å². The van der Waals surface area contributed by atoms with Crippen LogP contribution in [0.2, 0.25) is 0 Å². The van der Waals surface area contributed by atoms with Gasteiger partial charge in [0.25, 0.3) is 5.91 Å². The number of hydrogen-bond donors (Lipinski definition) is 3. The Kier molecular flexibility index (Phi) is 8.48. The van der Waals surface area contributed by atoms with Crippen molar-refractivity contribution in [1.29, 1.82) is 5.26 Å². The number of benzene rings is 1. The normalized spacial score (nSPS) is 29.2. The van der Waals surface area contributed by atoms with Gasteiger partial charge in [0.05, 0.1) is 41.5 Å². The first kappa shape index (κ1) is 28.4. The predicted octanol–water partition coefficient (Wildman–Crippen LogP) is 4.11. The lowest BCUT2D eigenvalue weighted by molar-refractivity contribution is -0.150. The van der Waals surface area contributed by atoms with Crippen LogP contribution < -0.4 is 20.1 Å². The van der Waals surface area contributed by atoms with Crippen molar-refractivity contribution in [3.05, 3.63) is 35.7 Å². The first-order valence-electron chi connectivity index (χ1n) is 13.5. The SMILES string of the molecule is C=C(F)CCNC(=O)[C@H]1[C@@H]2CC[C@@H](C2)[C@H]1NC(=O)c1cc(OC2CCC(C)(C(=O)O)CC2)c(C#N)cc1OC. The summed E-state index contributed by atoms with van der Waals surface area (Å²) in [5, 5.41) is 25.0. The molecule has 4 rings (SSSR count). The summed E-state index contributed by atoms with van der Waals surface area (Å²) in [6.45, 7) is 5.10. The number of carbonyl (C=O) groups excluding carboxylic acids is 2. The first-order valence-corrected chi connectivity index (χ1v) is 13.5. The Bertz CT molecular complexity index is 1190. The van der Waals surface area contributed by atoms with Gasteiger partial charge in [-0.1, -0.05) is 6.58 Å². The highest BCUT2D eigenvalue weighted by Crippen LogP contribution is 2.49. The minimum Gasteiger partial charge on any atom is -0.496 e. The highest BCUT2D eigenvalue weighted by molar-refractivity contribution is 5.98. The number of methoxy groups -OCH3 is 1. The van der Waals surface area contributed by atoms with Crippen LogP contribution in [0.15, 0.2) is 24.5 Å². The smallest absolute Gasteiger partial charge is 0.309 e. The van der Waals surface area contributed by atoms with Gasteiger partial charge in [0.2, 0.25) is 5.91 Å². The Morgan fingerprint density at radius 1 is 1.18 bits per heavy atom. The van der Waals surface area contributed by atoms with Crippen LogP contribution in [0.5, 0.6) is 11.5 Å². The van der Waals surface area contributed by atoms with E-state index in [0.29, 0.717) is 25.7 Å². The summed E-state index contributed by atoms with van der Waals surface area (Å²) < 4.78 is 24.6. The van der Waals surface area contributed by atoms with Crippen molar-refractivity contribution >= 4 is 17.8 Å². The molecule has 3 fully saturated rings. The van der Waals surface area contributed by atoms with E-state index in [4.69, 9.17) is 9.47 Å². The maximum atomic E-state index is 13.5. The number of nitrogens with zero attached hydrogens (tertiary/aromatic N) is 1. The fraction of sp³-hybridized carbons (Fsp3) is 0.586. The highest BCUT2D eigenvalue weighted by atomic mass is 19.1. The van der Waals surface area contributed by atoms with E-state index in [-0.39, 0.29) is 65.5 Å². The average molecular weight is 542 g/mol. The second-order valence-corrected chi connectivity index (χ2v) is 11.3. The molecule has 3 aliphatic rings. The van der Waals surface area contributed by atoms with E-state index in [1.165, 1.54) is 19.2 Å². The number of ether oxygens (including phenoxy) is 2. The van der Waals surface area contributed by atoms with Gasteiger partial charge in [0.15, 0.2) is 0 Å².